The Labute approximate surface area is 115 Å². The maximum Gasteiger partial charge on any atom is 0.148 e. The molecule has 2 aromatic heterocycles. The third kappa shape index (κ3) is 3.40. The standard InChI is InChI=1S/C13H16BrN3O/c1-9(2)15-5-6-18-12-3-4-16-11-7-10(14)8-17-13(11)12/h3-4,7-9,15H,5-6H2,1-2H3. The lowest BCUT2D eigenvalue weighted by atomic mass is 10.3. The average Bonchev–Trinajstić information content (AvgIpc) is 2.34. The van der Waals surface area contributed by atoms with Crippen molar-refractivity contribution < 1.29 is 4.74 Å². The normalized spacial score (nSPS) is 11.1. The van der Waals surface area contributed by atoms with E-state index in [0.29, 0.717) is 12.6 Å². The fourth-order valence-electron chi connectivity index (χ4n) is 1.61. The van der Waals surface area contributed by atoms with E-state index in [1.807, 2.05) is 12.1 Å². The van der Waals surface area contributed by atoms with Crippen LogP contribution < -0.4 is 10.1 Å². The third-order valence-electron chi connectivity index (χ3n) is 2.42. The van der Waals surface area contributed by atoms with Gasteiger partial charge in [0.1, 0.15) is 17.9 Å². The van der Waals surface area contributed by atoms with E-state index in [9.17, 15) is 0 Å². The highest BCUT2D eigenvalue weighted by Gasteiger charge is 2.05. The lowest BCUT2D eigenvalue weighted by Crippen LogP contribution is -2.27. The van der Waals surface area contributed by atoms with Gasteiger partial charge in [0.15, 0.2) is 0 Å². The number of aromatic nitrogens is 2. The van der Waals surface area contributed by atoms with Gasteiger partial charge in [-0.1, -0.05) is 13.8 Å². The molecule has 4 nitrogen and oxygen atoms in total. The molecule has 0 aliphatic carbocycles. The maximum absolute atomic E-state index is 5.73. The summed E-state index contributed by atoms with van der Waals surface area (Å²) in [6.45, 7) is 5.66. The number of nitrogens with zero attached hydrogens (tertiary/aromatic N) is 2. The second kappa shape index (κ2) is 6.11. The molecule has 0 bridgehead atoms. The van der Waals surface area contributed by atoms with Crippen molar-refractivity contribution in [2.45, 2.75) is 19.9 Å². The maximum atomic E-state index is 5.73. The highest BCUT2D eigenvalue weighted by Crippen LogP contribution is 2.23. The number of fused-ring (bicyclic) bond motifs is 1. The minimum Gasteiger partial charge on any atom is -0.490 e. The number of halogens is 1. The van der Waals surface area contributed by atoms with Crippen molar-refractivity contribution in [1.82, 2.24) is 15.3 Å². The molecule has 0 saturated carbocycles. The van der Waals surface area contributed by atoms with Crippen LogP contribution in [0.5, 0.6) is 5.75 Å². The van der Waals surface area contributed by atoms with Gasteiger partial charge in [-0.15, -0.1) is 0 Å². The highest BCUT2D eigenvalue weighted by atomic mass is 79.9. The molecule has 0 fully saturated rings. The predicted molar refractivity (Wildman–Crippen MR) is 75.9 cm³/mol. The van der Waals surface area contributed by atoms with E-state index in [2.05, 4.69) is 45.1 Å². The largest absolute Gasteiger partial charge is 0.490 e. The van der Waals surface area contributed by atoms with E-state index in [4.69, 9.17) is 4.74 Å². The van der Waals surface area contributed by atoms with Crippen molar-refractivity contribution in [3.05, 3.63) is 29.0 Å². The molecule has 0 spiro atoms. The first-order valence-corrected chi connectivity index (χ1v) is 6.72. The Bertz CT molecular complexity index is 531. The van der Waals surface area contributed by atoms with Crippen LogP contribution in [-0.4, -0.2) is 29.2 Å². The molecule has 0 saturated heterocycles. The van der Waals surface area contributed by atoms with Gasteiger partial charge in [0.2, 0.25) is 0 Å². The van der Waals surface area contributed by atoms with Crippen LogP contribution in [0.2, 0.25) is 0 Å². The van der Waals surface area contributed by atoms with Crippen molar-refractivity contribution in [2.75, 3.05) is 13.2 Å². The van der Waals surface area contributed by atoms with Gasteiger partial charge in [-0.2, -0.15) is 0 Å². The summed E-state index contributed by atoms with van der Waals surface area (Å²) in [6, 6.07) is 4.25. The molecule has 1 N–H and O–H groups in total. The van der Waals surface area contributed by atoms with E-state index >= 15 is 0 Å². The highest BCUT2D eigenvalue weighted by molar-refractivity contribution is 9.10. The Hall–Kier alpha value is -1.20. The molecule has 0 radical (unpaired) electrons. The Morgan fingerprint density at radius 2 is 2.22 bits per heavy atom. The zero-order chi connectivity index (χ0) is 13.0. The van der Waals surface area contributed by atoms with Crippen LogP contribution >= 0.6 is 15.9 Å². The van der Waals surface area contributed by atoms with Gasteiger partial charge < -0.3 is 10.1 Å². The van der Waals surface area contributed by atoms with Crippen LogP contribution in [0.3, 0.4) is 0 Å². The molecule has 0 aromatic carbocycles. The van der Waals surface area contributed by atoms with Crippen LogP contribution in [0.15, 0.2) is 29.0 Å². The summed E-state index contributed by atoms with van der Waals surface area (Å²) in [5.41, 5.74) is 1.63. The molecule has 18 heavy (non-hydrogen) atoms. The molecule has 2 heterocycles. The smallest absolute Gasteiger partial charge is 0.148 e. The Morgan fingerprint density at radius 3 is 3.00 bits per heavy atom. The first-order chi connectivity index (χ1) is 8.66. The zero-order valence-electron chi connectivity index (χ0n) is 10.5. The summed E-state index contributed by atoms with van der Waals surface area (Å²) in [5, 5.41) is 3.30. The number of hydrogen-bond donors (Lipinski definition) is 1. The first-order valence-electron chi connectivity index (χ1n) is 5.93. The zero-order valence-corrected chi connectivity index (χ0v) is 12.1. The summed E-state index contributed by atoms with van der Waals surface area (Å²) in [5.74, 6) is 0.776. The molecule has 2 aromatic rings. The van der Waals surface area contributed by atoms with Crippen molar-refractivity contribution in [1.29, 1.82) is 0 Å². The monoisotopic (exact) mass is 309 g/mol. The SMILES string of the molecule is CC(C)NCCOc1ccnc2cc(Br)cnc12. The average molecular weight is 310 g/mol. The first kappa shape index (κ1) is 13.2. The van der Waals surface area contributed by atoms with E-state index in [-0.39, 0.29) is 0 Å². The predicted octanol–water partition coefficient (Wildman–Crippen LogP) is 2.77. The fourth-order valence-corrected chi connectivity index (χ4v) is 1.93. The quantitative estimate of drug-likeness (QED) is 0.863. The Morgan fingerprint density at radius 1 is 1.39 bits per heavy atom. The van der Waals surface area contributed by atoms with Crippen LogP contribution in [0.4, 0.5) is 0 Å². The third-order valence-corrected chi connectivity index (χ3v) is 2.85. The summed E-state index contributed by atoms with van der Waals surface area (Å²) in [7, 11) is 0. The van der Waals surface area contributed by atoms with Crippen LogP contribution in [-0.2, 0) is 0 Å². The van der Waals surface area contributed by atoms with Gasteiger partial charge in [-0.25, -0.2) is 4.98 Å². The lowest BCUT2D eigenvalue weighted by Gasteiger charge is -2.10. The summed E-state index contributed by atoms with van der Waals surface area (Å²) in [6.07, 6.45) is 3.49. The number of pyridine rings is 2. The van der Waals surface area contributed by atoms with Crippen molar-refractivity contribution in [2.24, 2.45) is 0 Å². The minimum absolute atomic E-state index is 0.469. The van der Waals surface area contributed by atoms with Gasteiger partial charge in [-0.05, 0) is 22.0 Å². The molecule has 0 aliphatic heterocycles. The minimum atomic E-state index is 0.469. The Kier molecular flexibility index (Phi) is 4.49. The molecule has 0 aliphatic rings. The molecule has 2 rings (SSSR count). The van der Waals surface area contributed by atoms with Crippen LogP contribution in [0, 0.1) is 0 Å². The van der Waals surface area contributed by atoms with Crippen molar-refractivity contribution >= 4 is 27.0 Å². The van der Waals surface area contributed by atoms with Gasteiger partial charge >= 0.3 is 0 Å². The molecule has 0 unspecified atom stereocenters. The molecule has 96 valence electrons. The van der Waals surface area contributed by atoms with Crippen molar-refractivity contribution in [3.63, 3.8) is 0 Å². The lowest BCUT2D eigenvalue weighted by molar-refractivity contribution is 0.311. The fraction of sp³-hybridized carbons (Fsp3) is 0.385. The summed E-state index contributed by atoms with van der Waals surface area (Å²) < 4.78 is 6.65. The number of nitrogens with one attached hydrogen (secondary N) is 1. The Balaban J connectivity index is 2.08. The number of ether oxygens (including phenoxy) is 1. The van der Waals surface area contributed by atoms with E-state index in [1.165, 1.54) is 0 Å². The topological polar surface area (TPSA) is 47.0 Å². The summed E-state index contributed by atoms with van der Waals surface area (Å²) in [4.78, 5) is 8.61. The molecular weight excluding hydrogens is 294 g/mol. The van der Waals surface area contributed by atoms with Gasteiger partial charge in [0.25, 0.3) is 0 Å². The second-order valence-corrected chi connectivity index (χ2v) is 5.20. The van der Waals surface area contributed by atoms with Gasteiger partial charge in [-0.3, -0.25) is 4.98 Å². The van der Waals surface area contributed by atoms with E-state index in [1.54, 1.807) is 12.4 Å². The van der Waals surface area contributed by atoms with Crippen molar-refractivity contribution in [3.8, 4) is 5.75 Å². The molecule has 5 heteroatoms. The van der Waals surface area contributed by atoms with E-state index < -0.39 is 0 Å². The molecular formula is C13H16BrN3O. The van der Waals surface area contributed by atoms with Crippen LogP contribution in [0.25, 0.3) is 11.0 Å². The summed E-state index contributed by atoms with van der Waals surface area (Å²) >= 11 is 3.38. The molecule has 0 amide bonds. The van der Waals surface area contributed by atoms with Gasteiger partial charge in [0.05, 0.1) is 5.52 Å². The van der Waals surface area contributed by atoms with E-state index in [0.717, 1.165) is 27.8 Å². The van der Waals surface area contributed by atoms with Gasteiger partial charge in [0, 0.05) is 35.5 Å². The number of hydrogen-bond acceptors (Lipinski definition) is 4. The molecule has 0 atom stereocenters. The number of rotatable bonds is 5. The second-order valence-electron chi connectivity index (χ2n) is 4.29. The van der Waals surface area contributed by atoms with Crippen LogP contribution in [0.1, 0.15) is 13.8 Å².